The second-order valence-electron chi connectivity index (χ2n) is 2.26. The van der Waals surface area contributed by atoms with Gasteiger partial charge in [-0.2, -0.15) is 8.78 Å². The minimum absolute atomic E-state index is 0.145. The Bertz CT molecular complexity index is 300. The van der Waals surface area contributed by atoms with Crippen molar-refractivity contribution in [3.8, 4) is 5.75 Å². The van der Waals surface area contributed by atoms with Crippen LogP contribution in [-0.4, -0.2) is 12.0 Å². The lowest BCUT2D eigenvalue weighted by Crippen LogP contribution is -2.42. The molecule has 0 bridgehead atoms. The van der Waals surface area contributed by atoms with Gasteiger partial charge in [0.1, 0.15) is 5.75 Å². The third-order valence-electron chi connectivity index (χ3n) is 1.25. The smallest absolute Gasteiger partial charge is 0.429 e. The number of ether oxygens (including phenoxy) is 1. The highest BCUT2D eigenvalue weighted by molar-refractivity contribution is 5.74. The van der Waals surface area contributed by atoms with E-state index >= 15 is 0 Å². The zero-order valence-electron chi connectivity index (χ0n) is 6.46. The lowest BCUT2D eigenvalue weighted by Gasteiger charge is -2.21. The van der Waals surface area contributed by atoms with Crippen LogP contribution in [0.3, 0.4) is 0 Å². The molecule has 0 unspecified atom stereocenters. The van der Waals surface area contributed by atoms with Gasteiger partial charge in [0.05, 0.1) is 5.90 Å². The molecule has 1 rings (SSSR count). The van der Waals surface area contributed by atoms with Gasteiger partial charge in [0.25, 0.3) is 0 Å². The van der Waals surface area contributed by atoms with Crippen molar-refractivity contribution < 1.29 is 18.6 Å². The summed E-state index contributed by atoms with van der Waals surface area (Å²) in [6, 6.07) is 7.14. The predicted octanol–water partition coefficient (Wildman–Crippen LogP) is 0.996. The molecule has 70 valence electrons. The maximum absolute atomic E-state index is 12.5. The van der Waals surface area contributed by atoms with E-state index in [1.807, 2.05) is 0 Å². The van der Waals surface area contributed by atoms with Crippen LogP contribution in [0.5, 0.6) is 5.75 Å². The normalized spacial score (nSPS) is 10.9. The first-order valence-corrected chi connectivity index (χ1v) is 3.40. The first-order chi connectivity index (χ1) is 6.02. The molecule has 0 amide bonds. The van der Waals surface area contributed by atoms with Crippen LogP contribution in [0.15, 0.2) is 30.3 Å². The van der Waals surface area contributed by atoms with Crippen LogP contribution in [0.1, 0.15) is 0 Å². The highest BCUT2D eigenvalue weighted by atomic mass is 19.3. The van der Waals surface area contributed by atoms with Gasteiger partial charge < -0.3 is 15.3 Å². The summed E-state index contributed by atoms with van der Waals surface area (Å²) >= 11 is 0. The second-order valence-corrected chi connectivity index (χ2v) is 2.26. The Morgan fingerprint density at radius 2 is 1.85 bits per heavy atom. The Morgan fingerprint density at radius 3 is 2.31 bits per heavy atom. The fourth-order valence-corrected chi connectivity index (χ4v) is 0.683. The number of halogens is 2. The van der Waals surface area contributed by atoms with Gasteiger partial charge in [-0.25, -0.2) is 0 Å². The number of benzene rings is 1. The van der Waals surface area contributed by atoms with E-state index in [9.17, 15) is 13.9 Å². The van der Waals surface area contributed by atoms with Gasteiger partial charge in [0.2, 0.25) is 0 Å². The third kappa shape index (κ3) is 2.40. The summed E-state index contributed by atoms with van der Waals surface area (Å²) in [5, 5.41) is 16.3. The van der Waals surface area contributed by atoms with Gasteiger partial charge in [0, 0.05) is 0 Å². The quantitative estimate of drug-likeness (QED) is 0.565. The molecule has 0 spiro atoms. The molecule has 13 heavy (non-hydrogen) atoms. The van der Waals surface area contributed by atoms with Crippen molar-refractivity contribution in [1.82, 2.24) is 0 Å². The van der Waals surface area contributed by atoms with Crippen LogP contribution in [0.4, 0.5) is 8.78 Å². The van der Waals surface area contributed by atoms with Gasteiger partial charge in [-0.1, -0.05) is 18.2 Å². The average molecular weight is 186 g/mol. The zero-order chi connectivity index (χ0) is 9.90. The molecule has 1 N–H and O–H groups in total. The molecule has 0 atom stereocenters. The van der Waals surface area contributed by atoms with E-state index in [-0.39, 0.29) is 5.75 Å². The van der Waals surface area contributed by atoms with E-state index in [0.717, 1.165) is 0 Å². The van der Waals surface area contributed by atoms with Crippen molar-refractivity contribution >= 4 is 5.90 Å². The number of hydrogen-bond acceptors (Lipinski definition) is 3. The Kier molecular flexibility index (Phi) is 2.46. The van der Waals surface area contributed by atoms with E-state index < -0.39 is 12.0 Å². The lowest BCUT2D eigenvalue weighted by molar-refractivity contribution is -0.274. The van der Waals surface area contributed by atoms with Crippen LogP contribution in [0, 0.1) is 5.41 Å². The van der Waals surface area contributed by atoms with Crippen molar-refractivity contribution in [3.05, 3.63) is 30.3 Å². The SMILES string of the molecule is N=C([O-])C(F)(F)Oc1ccccc1. The summed E-state index contributed by atoms with van der Waals surface area (Å²) in [6.45, 7) is 0. The first-order valence-electron chi connectivity index (χ1n) is 3.40. The molecule has 0 saturated carbocycles. The number of para-hydroxylation sites is 1. The molecule has 0 aromatic heterocycles. The maximum atomic E-state index is 12.5. The lowest BCUT2D eigenvalue weighted by atomic mass is 10.3. The van der Waals surface area contributed by atoms with Crippen LogP contribution < -0.4 is 9.84 Å². The van der Waals surface area contributed by atoms with Crippen LogP contribution in [-0.2, 0) is 0 Å². The molecular formula is C8H6F2NO2-. The molecular weight excluding hydrogens is 180 g/mol. The van der Waals surface area contributed by atoms with Crippen LogP contribution in [0.2, 0.25) is 0 Å². The molecule has 0 aliphatic carbocycles. The molecule has 0 heterocycles. The van der Waals surface area contributed by atoms with Gasteiger partial charge in [-0.05, 0) is 12.1 Å². The van der Waals surface area contributed by atoms with Crippen molar-refractivity contribution in [2.75, 3.05) is 0 Å². The van der Waals surface area contributed by atoms with E-state index in [0.29, 0.717) is 0 Å². The molecule has 5 heteroatoms. The fraction of sp³-hybridized carbons (Fsp3) is 0.125. The third-order valence-corrected chi connectivity index (χ3v) is 1.25. The standard InChI is InChI=1S/C8H7F2NO2/c9-8(10,7(11)12)13-6-4-2-1-3-5-6/h1-5H,(H2,11,12)/p-1. The molecule has 0 fully saturated rings. The number of alkyl halides is 2. The molecule has 0 aliphatic rings. The molecule has 1 aromatic rings. The van der Waals surface area contributed by atoms with Gasteiger partial charge in [-0.3, -0.25) is 0 Å². The largest absolute Gasteiger partial charge is 0.855 e. The number of hydrogen-bond donors (Lipinski definition) is 1. The Balaban J connectivity index is 2.75. The van der Waals surface area contributed by atoms with Gasteiger partial charge >= 0.3 is 6.11 Å². The van der Waals surface area contributed by atoms with Crippen LogP contribution in [0.25, 0.3) is 0 Å². The van der Waals surface area contributed by atoms with E-state index in [2.05, 4.69) is 4.74 Å². The Morgan fingerprint density at radius 1 is 1.31 bits per heavy atom. The van der Waals surface area contributed by atoms with Crippen molar-refractivity contribution in [3.63, 3.8) is 0 Å². The topological polar surface area (TPSA) is 56.1 Å². The van der Waals surface area contributed by atoms with Gasteiger partial charge in [0.15, 0.2) is 0 Å². The maximum Gasteiger partial charge on any atom is 0.429 e. The summed E-state index contributed by atoms with van der Waals surface area (Å²) in [5.74, 6) is -2.20. The van der Waals surface area contributed by atoms with Crippen molar-refractivity contribution in [2.24, 2.45) is 0 Å². The minimum Gasteiger partial charge on any atom is -0.855 e. The Hall–Kier alpha value is -1.65. The highest BCUT2D eigenvalue weighted by Crippen LogP contribution is 2.20. The first kappa shape index (κ1) is 9.44. The summed E-state index contributed by atoms with van der Waals surface area (Å²) < 4.78 is 28.9. The van der Waals surface area contributed by atoms with Gasteiger partial charge in [-0.15, -0.1) is 0 Å². The predicted molar refractivity (Wildman–Crippen MR) is 39.7 cm³/mol. The summed E-state index contributed by atoms with van der Waals surface area (Å²) in [4.78, 5) is 0. The molecule has 1 aromatic carbocycles. The molecule has 0 saturated heterocycles. The molecule has 3 nitrogen and oxygen atoms in total. The number of rotatable bonds is 3. The molecule has 0 radical (unpaired) electrons. The average Bonchev–Trinajstić information content (AvgIpc) is 2.05. The highest BCUT2D eigenvalue weighted by Gasteiger charge is 2.31. The Labute approximate surface area is 73.1 Å². The van der Waals surface area contributed by atoms with E-state index in [4.69, 9.17) is 5.41 Å². The fourth-order valence-electron chi connectivity index (χ4n) is 0.683. The zero-order valence-corrected chi connectivity index (χ0v) is 6.46. The number of nitrogens with one attached hydrogen (secondary N) is 1. The minimum atomic E-state index is -4.07. The van der Waals surface area contributed by atoms with Crippen molar-refractivity contribution in [2.45, 2.75) is 6.11 Å². The summed E-state index contributed by atoms with van der Waals surface area (Å²) in [5.41, 5.74) is 0. The van der Waals surface area contributed by atoms with E-state index in [1.165, 1.54) is 24.3 Å². The summed E-state index contributed by atoms with van der Waals surface area (Å²) in [7, 11) is 0. The molecule has 0 aliphatic heterocycles. The van der Waals surface area contributed by atoms with Crippen molar-refractivity contribution in [1.29, 1.82) is 5.41 Å². The monoisotopic (exact) mass is 186 g/mol. The van der Waals surface area contributed by atoms with Crippen LogP contribution >= 0.6 is 0 Å². The van der Waals surface area contributed by atoms with E-state index in [1.54, 1.807) is 6.07 Å². The summed E-state index contributed by atoms with van der Waals surface area (Å²) in [6.07, 6.45) is -4.07. The second kappa shape index (κ2) is 3.38.